The van der Waals surface area contributed by atoms with Crippen molar-refractivity contribution in [2.45, 2.75) is 45.1 Å². The van der Waals surface area contributed by atoms with Crippen LogP contribution >= 0.6 is 0 Å². The van der Waals surface area contributed by atoms with Gasteiger partial charge in [-0.3, -0.25) is 13.9 Å². The first-order chi connectivity index (χ1) is 15.3. The summed E-state index contributed by atoms with van der Waals surface area (Å²) in [6, 6.07) is 9.02. The van der Waals surface area contributed by atoms with Gasteiger partial charge in [-0.2, -0.15) is 4.98 Å². The third kappa shape index (κ3) is 4.77. The van der Waals surface area contributed by atoms with Gasteiger partial charge in [0.15, 0.2) is 11.2 Å². The van der Waals surface area contributed by atoms with Crippen LogP contribution < -0.4 is 21.9 Å². The number of aliphatic hydroxyl groups excluding tert-OH is 2. The van der Waals surface area contributed by atoms with E-state index in [1.54, 1.807) is 11.6 Å². The van der Waals surface area contributed by atoms with Gasteiger partial charge in [0.25, 0.3) is 5.56 Å². The Morgan fingerprint density at radius 1 is 1.09 bits per heavy atom. The molecule has 3 atom stereocenters. The molecule has 174 valence electrons. The van der Waals surface area contributed by atoms with E-state index in [9.17, 15) is 19.8 Å². The van der Waals surface area contributed by atoms with Crippen LogP contribution in [0.5, 0.6) is 0 Å². The molecule has 0 saturated carbocycles. The Hall–Kier alpha value is -2.95. The molecular formula is C22H32N6O4. The molecule has 3 aromatic rings. The number of aliphatic hydroxyl groups is 2. The molecule has 32 heavy (non-hydrogen) atoms. The number of nitrogens with zero attached hydrogens (tertiary/aromatic N) is 4. The minimum atomic E-state index is -0.859. The van der Waals surface area contributed by atoms with Crippen molar-refractivity contribution in [3.05, 3.63) is 56.7 Å². The van der Waals surface area contributed by atoms with Crippen molar-refractivity contribution in [3.8, 4) is 0 Å². The van der Waals surface area contributed by atoms with E-state index in [0.717, 1.165) is 16.6 Å². The lowest BCUT2D eigenvalue weighted by Crippen LogP contribution is -2.40. The molecule has 0 aliphatic rings. The largest absolute Gasteiger partial charge is 0.390 e. The van der Waals surface area contributed by atoms with E-state index in [2.05, 4.69) is 15.6 Å². The zero-order valence-electron chi connectivity index (χ0n) is 18.9. The maximum atomic E-state index is 12.8. The first-order valence-corrected chi connectivity index (χ1v) is 10.8. The minimum absolute atomic E-state index is 0.0944. The number of fused-ring (bicyclic) bond motifs is 1. The lowest BCUT2D eigenvalue weighted by molar-refractivity contribution is 0.110. The molecule has 4 N–H and O–H groups in total. The maximum Gasteiger partial charge on any atom is 0.332 e. The van der Waals surface area contributed by atoms with Crippen molar-refractivity contribution in [1.82, 2.24) is 24.0 Å². The van der Waals surface area contributed by atoms with Gasteiger partial charge in [0.1, 0.15) is 0 Å². The maximum absolute atomic E-state index is 12.8. The smallest absolute Gasteiger partial charge is 0.332 e. The predicted octanol–water partition coefficient (Wildman–Crippen LogP) is 0.328. The zero-order chi connectivity index (χ0) is 23.4. The van der Waals surface area contributed by atoms with Gasteiger partial charge in [0.05, 0.1) is 18.8 Å². The second kappa shape index (κ2) is 10.1. The molecule has 10 nitrogen and oxygen atoms in total. The van der Waals surface area contributed by atoms with Crippen LogP contribution in [0.4, 0.5) is 5.95 Å². The van der Waals surface area contributed by atoms with Crippen LogP contribution in [0.3, 0.4) is 0 Å². The molecule has 3 rings (SSSR count). The molecule has 0 radical (unpaired) electrons. The zero-order valence-corrected chi connectivity index (χ0v) is 18.9. The van der Waals surface area contributed by atoms with E-state index >= 15 is 0 Å². The highest BCUT2D eigenvalue weighted by Gasteiger charge is 2.22. The summed E-state index contributed by atoms with van der Waals surface area (Å²) in [6.07, 6.45) is -0.734. The molecule has 0 aliphatic carbocycles. The fourth-order valence-corrected chi connectivity index (χ4v) is 3.64. The summed E-state index contributed by atoms with van der Waals surface area (Å²) in [5.74, 6) is 0.427. The molecule has 1 aromatic carbocycles. The monoisotopic (exact) mass is 444 g/mol. The first-order valence-electron chi connectivity index (χ1n) is 10.8. The van der Waals surface area contributed by atoms with E-state index in [0.29, 0.717) is 12.5 Å². The van der Waals surface area contributed by atoms with Crippen molar-refractivity contribution in [2.75, 3.05) is 18.4 Å². The Balaban J connectivity index is 1.82. The first kappa shape index (κ1) is 23.7. The van der Waals surface area contributed by atoms with Crippen molar-refractivity contribution >= 4 is 17.1 Å². The second-order valence-corrected chi connectivity index (χ2v) is 8.06. The summed E-state index contributed by atoms with van der Waals surface area (Å²) in [7, 11) is 2.99. The third-order valence-corrected chi connectivity index (χ3v) is 5.56. The van der Waals surface area contributed by atoms with E-state index in [4.69, 9.17) is 0 Å². The molecule has 10 heteroatoms. The van der Waals surface area contributed by atoms with Crippen LogP contribution in [0, 0.1) is 0 Å². The highest BCUT2D eigenvalue weighted by molar-refractivity contribution is 5.74. The topological polar surface area (TPSA) is 126 Å². The van der Waals surface area contributed by atoms with E-state index < -0.39 is 23.5 Å². The molecule has 2 heterocycles. The van der Waals surface area contributed by atoms with Crippen LogP contribution in [0.1, 0.15) is 31.9 Å². The van der Waals surface area contributed by atoms with Gasteiger partial charge in [-0.1, -0.05) is 37.3 Å². The second-order valence-electron chi connectivity index (χ2n) is 8.06. The number of aryl methyl sites for hydroxylation is 1. The normalized spacial score (nSPS) is 14.4. The number of aromatic nitrogens is 4. The number of hydrogen-bond donors (Lipinski definition) is 4. The highest BCUT2D eigenvalue weighted by atomic mass is 16.3. The van der Waals surface area contributed by atoms with Gasteiger partial charge in [0.2, 0.25) is 5.95 Å². The van der Waals surface area contributed by atoms with Gasteiger partial charge in [-0.05, 0) is 18.9 Å². The molecule has 0 bridgehead atoms. The van der Waals surface area contributed by atoms with Crippen LogP contribution in [0.25, 0.3) is 11.2 Å². The van der Waals surface area contributed by atoms with Crippen LogP contribution in [-0.4, -0.2) is 54.1 Å². The summed E-state index contributed by atoms with van der Waals surface area (Å²) in [5.41, 5.74) is 0.390. The summed E-state index contributed by atoms with van der Waals surface area (Å²) >= 11 is 0. The Kier molecular flexibility index (Phi) is 7.49. The van der Waals surface area contributed by atoms with Crippen molar-refractivity contribution in [1.29, 1.82) is 0 Å². The number of imidazole rings is 1. The molecule has 3 unspecified atom stereocenters. The fraction of sp³-hybridized carbons (Fsp3) is 0.500. The molecule has 0 amide bonds. The average Bonchev–Trinajstić information content (AvgIpc) is 3.16. The van der Waals surface area contributed by atoms with E-state index in [-0.39, 0.29) is 30.3 Å². The number of hydrogen-bond acceptors (Lipinski definition) is 7. The number of benzene rings is 1. The number of anilines is 1. The van der Waals surface area contributed by atoms with Crippen LogP contribution in [0.15, 0.2) is 39.9 Å². The van der Waals surface area contributed by atoms with Gasteiger partial charge in [-0.15, -0.1) is 0 Å². The Morgan fingerprint density at radius 3 is 2.44 bits per heavy atom. The van der Waals surface area contributed by atoms with Gasteiger partial charge in [-0.25, -0.2) is 4.79 Å². The Bertz CT molecular complexity index is 1170. The standard InChI is InChI=1S/C22H32N6O4/c1-5-11-23-21-25-19-17(20(31)27(4)22(32)26(19)3)28(21)13-16(29)12-24-14(2)18(30)15-9-7-6-8-10-15/h6-10,14,16,18,24,29-30H,5,11-13H2,1-4H3,(H,23,25). The minimum Gasteiger partial charge on any atom is -0.390 e. The molecule has 0 aliphatic heterocycles. The highest BCUT2D eigenvalue weighted by Crippen LogP contribution is 2.18. The van der Waals surface area contributed by atoms with Crippen LogP contribution in [-0.2, 0) is 20.6 Å². The quantitative estimate of drug-likeness (QED) is 0.355. The molecule has 0 fully saturated rings. The van der Waals surface area contributed by atoms with Gasteiger partial charge in [0, 0.05) is 33.2 Å². The fourth-order valence-electron chi connectivity index (χ4n) is 3.64. The van der Waals surface area contributed by atoms with Gasteiger partial charge < -0.3 is 25.4 Å². The lowest BCUT2D eigenvalue weighted by Gasteiger charge is -2.23. The van der Waals surface area contributed by atoms with Crippen molar-refractivity contribution in [2.24, 2.45) is 14.1 Å². The number of nitrogens with one attached hydrogen (secondary N) is 2. The Morgan fingerprint density at radius 2 is 1.78 bits per heavy atom. The summed E-state index contributed by atoms with van der Waals surface area (Å²) < 4.78 is 3.98. The van der Waals surface area contributed by atoms with Crippen LogP contribution in [0.2, 0.25) is 0 Å². The third-order valence-electron chi connectivity index (χ3n) is 5.56. The molecular weight excluding hydrogens is 412 g/mol. The molecule has 2 aromatic heterocycles. The Labute approximate surface area is 186 Å². The summed E-state index contributed by atoms with van der Waals surface area (Å²) in [4.78, 5) is 29.6. The van der Waals surface area contributed by atoms with E-state index in [1.807, 2.05) is 44.2 Å². The van der Waals surface area contributed by atoms with E-state index in [1.165, 1.54) is 11.6 Å². The van der Waals surface area contributed by atoms with Gasteiger partial charge >= 0.3 is 5.69 Å². The number of rotatable bonds is 10. The average molecular weight is 445 g/mol. The summed E-state index contributed by atoms with van der Waals surface area (Å²) in [5, 5.41) is 27.6. The lowest BCUT2D eigenvalue weighted by atomic mass is 10.0. The SMILES string of the molecule is CCCNc1nc2c(c(=O)n(C)c(=O)n2C)n1CC(O)CNC(C)C(O)c1ccccc1. The van der Waals surface area contributed by atoms with Crippen molar-refractivity contribution < 1.29 is 10.2 Å². The van der Waals surface area contributed by atoms with Crippen molar-refractivity contribution in [3.63, 3.8) is 0 Å². The molecule has 0 saturated heterocycles. The predicted molar refractivity (Wildman–Crippen MR) is 124 cm³/mol. The summed E-state index contributed by atoms with van der Waals surface area (Å²) in [6.45, 7) is 4.77. The molecule has 0 spiro atoms.